The minimum absolute atomic E-state index is 0.0140. The summed E-state index contributed by atoms with van der Waals surface area (Å²) in [5.74, 6) is -1.98. The summed E-state index contributed by atoms with van der Waals surface area (Å²) in [5.41, 5.74) is -0.387. The third-order valence-electron chi connectivity index (χ3n) is 2.65. The Bertz CT molecular complexity index is 523. The Labute approximate surface area is 120 Å². The van der Waals surface area contributed by atoms with E-state index in [9.17, 15) is 19.1 Å². The number of nitrogens with zero attached hydrogens (tertiary/aromatic N) is 1. The van der Waals surface area contributed by atoms with Gasteiger partial charge in [-0.2, -0.15) is 0 Å². The highest BCUT2D eigenvalue weighted by atomic mass is 19.1. The van der Waals surface area contributed by atoms with Crippen LogP contribution in [0.15, 0.2) is 18.2 Å². The van der Waals surface area contributed by atoms with Crippen molar-refractivity contribution in [3.05, 3.63) is 29.6 Å². The van der Waals surface area contributed by atoms with Crippen LogP contribution in [0.2, 0.25) is 0 Å². The van der Waals surface area contributed by atoms with Crippen LogP contribution in [0.1, 0.15) is 10.4 Å². The molecule has 8 heteroatoms. The lowest BCUT2D eigenvalue weighted by Gasteiger charge is -2.21. The normalized spacial score (nSPS) is 11.8. The number of amides is 2. The molecule has 0 aromatic heterocycles. The van der Waals surface area contributed by atoms with Gasteiger partial charge in [0.25, 0.3) is 0 Å². The zero-order valence-corrected chi connectivity index (χ0v) is 11.7. The van der Waals surface area contributed by atoms with Crippen LogP contribution in [-0.2, 0) is 4.74 Å². The molecule has 0 aliphatic rings. The number of rotatable bonds is 6. The van der Waals surface area contributed by atoms with Crippen molar-refractivity contribution in [2.45, 2.75) is 6.10 Å². The summed E-state index contributed by atoms with van der Waals surface area (Å²) < 4.78 is 18.3. The maximum atomic E-state index is 13.5. The van der Waals surface area contributed by atoms with Gasteiger partial charge in [0.05, 0.1) is 30.5 Å². The molecule has 0 saturated heterocycles. The molecule has 1 atom stereocenters. The maximum absolute atomic E-state index is 13.5. The highest BCUT2D eigenvalue weighted by molar-refractivity contribution is 5.93. The molecule has 0 bridgehead atoms. The van der Waals surface area contributed by atoms with Crippen molar-refractivity contribution in [3.63, 3.8) is 0 Å². The van der Waals surface area contributed by atoms with Gasteiger partial charge in [0.2, 0.25) is 0 Å². The number of likely N-dealkylation sites (N-methyl/N-ethyl adjacent to an activating group) is 1. The third-order valence-corrected chi connectivity index (χ3v) is 2.65. The van der Waals surface area contributed by atoms with Crippen molar-refractivity contribution in [2.75, 3.05) is 32.6 Å². The number of hydrogen-bond donors (Lipinski definition) is 3. The van der Waals surface area contributed by atoms with Crippen molar-refractivity contribution in [1.29, 1.82) is 0 Å². The number of aliphatic hydroxyl groups excluding tert-OH is 1. The van der Waals surface area contributed by atoms with Crippen LogP contribution in [0, 0.1) is 5.82 Å². The Kier molecular flexibility index (Phi) is 6.07. The number of aliphatic hydroxyl groups is 1. The number of carbonyl (C=O) groups is 2. The molecule has 3 N–H and O–H groups in total. The summed E-state index contributed by atoms with van der Waals surface area (Å²) in [6.45, 7) is 0.0421. The number of carboxylic acid groups (broad SMARTS) is 1. The number of urea groups is 1. The molecule has 0 heterocycles. The second-order valence-electron chi connectivity index (χ2n) is 4.42. The Morgan fingerprint density at radius 3 is 2.71 bits per heavy atom. The molecular formula is C13H17FN2O5. The highest BCUT2D eigenvalue weighted by Crippen LogP contribution is 2.16. The largest absolute Gasteiger partial charge is 0.478 e. The van der Waals surface area contributed by atoms with Crippen LogP contribution in [0.3, 0.4) is 0 Å². The van der Waals surface area contributed by atoms with E-state index in [0.717, 1.165) is 23.1 Å². The quantitative estimate of drug-likeness (QED) is 0.728. The van der Waals surface area contributed by atoms with Gasteiger partial charge in [-0.1, -0.05) is 0 Å². The Balaban J connectivity index is 2.74. The lowest BCUT2D eigenvalue weighted by molar-refractivity contribution is 0.0501. The number of benzene rings is 1. The van der Waals surface area contributed by atoms with E-state index in [1.165, 1.54) is 14.2 Å². The van der Waals surface area contributed by atoms with Crippen LogP contribution in [0.4, 0.5) is 14.9 Å². The van der Waals surface area contributed by atoms with E-state index in [-0.39, 0.29) is 24.4 Å². The number of carbonyl (C=O) groups excluding carboxylic acids is 1. The number of nitrogens with one attached hydrogen (secondary N) is 1. The van der Waals surface area contributed by atoms with Gasteiger partial charge in [0.1, 0.15) is 5.82 Å². The number of halogens is 1. The second-order valence-corrected chi connectivity index (χ2v) is 4.42. The Morgan fingerprint density at radius 2 is 2.14 bits per heavy atom. The van der Waals surface area contributed by atoms with Gasteiger partial charge in [0, 0.05) is 14.2 Å². The van der Waals surface area contributed by atoms with Crippen molar-refractivity contribution in [1.82, 2.24) is 4.90 Å². The van der Waals surface area contributed by atoms with E-state index >= 15 is 0 Å². The molecule has 0 radical (unpaired) electrons. The lowest BCUT2D eigenvalue weighted by Crippen LogP contribution is -2.38. The zero-order valence-electron chi connectivity index (χ0n) is 11.7. The van der Waals surface area contributed by atoms with Crippen molar-refractivity contribution in [2.24, 2.45) is 0 Å². The van der Waals surface area contributed by atoms with Crippen molar-refractivity contribution >= 4 is 17.7 Å². The first-order chi connectivity index (χ1) is 9.85. The molecule has 0 spiro atoms. The molecule has 0 aliphatic carbocycles. The topological polar surface area (TPSA) is 99.1 Å². The minimum Gasteiger partial charge on any atom is -0.478 e. The fourth-order valence-electron chi connectivity index (χ4n) is 1.61. The third kappa shape index (κ3) is 5.01. The molecule has 116 valence electrons. The molecular weight excluding hydrogens is 283 g/mol. The predicted octanol–water partition coefficient (Wildman–Crippen LogP) is 0.995. The Hall–Kier alpha value is -2.19. The Morgan fingerprint density at radius 1 is 1.48 bits per heavy atom. The molecule has 1 unspecified atom stereocenters. The number of aromatic carboxylic acids is 1. The molecule has 0 aliphatic heterocycles. The standard InChI is InChI=1S/C13H17FN2O5/c1-16(6-9(17)7-21-2)13(20)15-11-5-8(12(18)19)3-4-10(11)14/h3-5,9,17H,6-7H2,1-2H3,(H,15,20)(H,18,19). The van der Waals surface area contributed by atoms with E-state index in [0.29, 0.717) is 0 Å². The van der Waals surface area contributed by atoms with Gasteiger partial charge in [-0.25, -0.2) is 14.0 Å². The summed E-state index contributed by atoms with van der Waals surface area (Å²) in [6.07, 6.45) is -0.874. The first-order valence-corrected chi connectivity index (χ1v) is 6.07. The fraction of sp³-hybridized carbons (Fsp3) is 0.385. The van der Waals surface area contributed by atoms with Gasteiger partial charge in [-0.3, -0.25) is 0 Å². The van der Waals surface area contributed by atoms with Crippen LogP contribution in [-0.4, -0.2) is 60.5 Å². The molecule has 0 saturated carbocycles. The summed E-state index contributed by atoms with van der Waals surface area (Å²) in [5, 5.41) is 20.6. The molecule has 0 fully saturated rings. The predicted molar refractivity (Wildman–Crippen MR) is 72.9 cm³/mol. The number of anilines is 1. The molecule has 1 aromatic rings. The average molecular weight is 300 g/mol. The van der Waals surface area contributed by atoms with Gasteiger partial charge in [-0.05, 0) is 18.2 Å². The first-order valence-electron chi connectivity index (χ1n) is 6.07. The lowest BCUT2D eigenvalue weighted by atomic mass is 10.2. The van der Waals surface area contributed by atoms with Gasteiger partial charge >= 0.3 is 12.0 Å². The summed E-state index contributed by atoms with van der Waals surface area (Å²) in [7, 11) is 2.82. The molecule has 1 aromatic carbocycles. The van der Waals surface area contributed by atoms with E-state index < -0.39 is 23.9 Å². The zero-order chi connectivity index (χ0) is 16.0. The fourth-order valence-corrected chi connectivity index (χ4v) is 1.61. The minimum atomic E-state index is -1.23. The monoisotopic (exact) mass is 300 g/mol. The van der Waals surface area contributed by atoms with Crippen LogP contribution < -0.4 is 5.32 Å². The molecule has 2 amide bonds. The van der Waals surface area contributed by atoms with Crippen LogP contribution >= 0.6 is 0 Å². The van der Waals surface area contributed by atoms with Crippen LogP contribution in [0.5, 0.6) is 0 Å². The number of ether oxygens (including phenoxy) is 1. The van der Waals surface area contributed by atoms with Gasteiger partial charge < -0.3 is 25.2 Å². The van der Waals surface area contributed by atoms with Gasteiger partial charge in [-0.15, -0.1) is 0 Å². The first kappa shape index (κ1) is 16.9. The maximum Gasteiger partial charge on any atom is 0.335 e. The van der Waals surface area contributed by atoms with Gasteiger partial charge in [0.15, 0.2) is 0 Å². The molecule has 21 heavy (non-hydrogen) atoms. The average Bonchev–Trinajstić information content (AvgIpc) is 2.40. The van der Waals surface area contributed by atoms with E-state index in [2.05, 4.69) is 5.32 Å². The summed E-state index contributed by atoms with van der Waals surface area (Å²) >= 11 is 0. The van der Waals surface area contributed by atoms with E-state index in [1.807, 2.05) is 0 Å². The summed E-state index contributed by atoms with van der Waals surface area (Å²) in [6, 6.07) is 2.40. The van der Waals surface area contributed by atoms with Crippen molar-refractivity contribution < 1.29 is 28.9 Å². The van der Waals surface area contributed by atoms with E-state index in [1.54, 1.807) is 0 Å². The molecule has 7 nitrogen and oxygen atoms in total. The van der Waals surface area contributed by atoms with Crippen molar-refractivity contribution in [3.8, 4) is 0 Å². The highest BCUT2D eigenvalue weighted by Gasteiger charge is 2.16. The number of hydrogen-bond acceptors (Lipinski definition) is 4. The summed E-state index contributed by atoms with van der Waals surface area (Å²) in [4.78, 5) is 23.8. The SMILES string of the molecule is COCC(O)CN(C)C(=O)Nc1cc(C(=O)O)ccc1F. The van der Waals surface area contributed by atoms with Crippen LogP contribution in [0.25, 0.3) is 0 Å². The van der Waals surface area contributed by atoms with E-state index in [4.69, 9.17) is 9.84 Å². The number of methoxy groups -OCH3 is 1. The second kappa shape index (κ2) is 7.55. The molecule has 1 rings (SSSR count). The number of carboxylic acids is 1. The smallest absolute Gasteiger partial charge is 0.335 e.